The number of carbonyl (C=O) groups is 2. The number of carboxylic acids is 1. The van der Waals surface area contributed by atoms with Gasteiger partial charge in [-0.05, 0) is 23.8 Å². The molecular weight excluding hydrogens is 399 g/mol. The molecule has 2 heterocycles. The number of aromatic nitrogens is 3. The van der Waals surface area contributed by atoms with Gasteiger partial charge in [0.15, 0.2) is 5.65 Å². The first-order valence-corrected chi connectivity index (χ1v) is 8.85. The highest BCUT2D eigenvalue weighted by Gasteiger charge is 2.21. The van der Waals surface area contributed by atoms with Crippen LogP contribution in [0.25, 0.3) is 5.65 Å². The highest BCUT2D eigenvalue weighted by atomic mass is 35.5. The number of hydrogen-bond acceptors (Lipinski definition) is 6. The Hall–Kier alpha value is -2.85. The summed E-state index contributed by atoms with van der Waals surface area (Å²) in [4.78, 5) is 26.7. The number of halogens is 2. The molecule has 1 aromatic carbocycles. The molecule has 0 aliphatic carbocycles. The molecule has 3 N–H and O–H groups in total. The maximum Gasteiger partial charge on any atom is 0.322 e. The Kier molecular flexibility index (Phi) is 5.47. The van der Waals surface area contributed by atoms with Crippen LogP contribution in [0.1, 0.15) is 15.9 Å². The number of carboxylic acid groups (broad SMARTS) is 1. The number of pyridine rings is 1. The number of aromatic hydroxyl groups is 1. The quantitative estimate of drug-likeness (QED) is 0.534. The molecule has 27 heavy (non-hydrogen) atoms. The lowest BCUT2D eigenvalue weighted by Gasteiger charge is -2.10. The maximum absolute atomic E-state index is 13.9. The molecule has 0 saturated heterocycles. The van der Waals surface area contributed by atoms with Crippen LogP contribution in [0.2, 0.25) is 5.02 Å². The van der Waals surface area contributed by atoms with E-state index in [4.69, 9.17) is 16.7 Å². The van der Waals surface area contributed by atoms with Gasteiger partial charge >= 0.3 is 5.97 Å². The van der Waals surface area contributed by atoms with Crippen molar-refractivity contribution in [3.05, 3.63) is 52.6 Å². The molecule has 0 saturated carbocycles. The van der Waals surface area contributed by atoms with E-state index in [1.807, 2.05) is 0 Å². The summed E-state index contributed by atoms with van der Waals surface area (Å²) in [5.41, 5.74) is 0.211. The molecule has 0 aliphatic rings. The first-order valence-electron chi connectivity index (χ1n) is 7.49. The molecule has 8 nitrogen and oxygen atoms in total. The first-order chi connectivity index (χ1) is 12.9. The number of aliphatic carboxylic acids is 1. The lowest BCUT2D eigenvalue weighted by molar-refractivity contribution is -0.135. The van der Waals surface area contributed by atoms with E-state index >= 15 is 0 Å². The van der Waals surface area contributed by atoms with Crippen LogP contribution >= 0.6 is 23.4 Å². The van der Waals surface area contributed by atoms with Crippen LogP contribution < -0.4 is 5.32 Å². The summed E-state index contributed by atoms with van der Waals surface area (Å²) in [5, 5.41) is 25.9. The average Bonchev–Trinajstić information content (AvgIpc) is 3.09. The second-order valence-corrected chi connectivity index (χ2v) is 6.77. The molecule has 0 bridgehead atoms. The van der Waals surface area contributed by atoms with Crippen molar-refractivity contribution >= 4 is 40.9 Å². The number of hydrogen-bond donors (Lipinski definition) is 3. The minimum atomic E-state index is -1.23. The van der Waals surface area contributed by atoms with Gasteiger partial charge in [-0.25, -0.2) is 13.9 Å². The van der Waals surface area contributed by atoms with Crippen molar-refractivity contribution in [2.24, 2.45) is 0 Å². The van der Waals surface area contributed by atoms with Crippen LogP contribution in [0, 0.1) is 5.82 Å². The molecule has 3 rings (SSSR count). The van der Waals surface area contributed by atoms with Gasteiger partial charge in [0.05, 0.1) is 0 Å². The summed E-state index contributed by atoms with van der Waals surface area (Å²) in [6, 6.07) is 5.48. The molecule has 0 radical (unpaired) electrons. The van der Waals surface area contributed by atoms with Crippen LogP contribution in [0.5, 0.6) is 5.75 Å². The van der Waals surface area contributed by atoms with Gasteiger partial charge in [0.25, 0.3) is 5.91 Å². The zero-order chi connectivity index (χ0) is 19.6. The lowest BCUT2D eigenvalue weighted by atomic mass is 10.2. The van der Waals surface area contributed by atoms with E-state index in [1.165, 1.54) is 35.1 Å². The second kappa shape index (κ2) is 7.80. The average molecular weight is 411 g/mol. The van der Waals surface area contributed by atoms with E-state index in [0.717, 1.165) is 11.8 Å². The number of fused-ring (bicyclic) bond motifs is 1. The number of nitrogens with one attached hydrogen (secondary N) is 1. The number of carbonyl (C=O) groups excluding carboxylic acids is 1. The van der Waals surface area contributed by atoms with Crippen molar-refractivity contribution in [2.45, 2.75) is 10.8 Å². The van der Waals surface area contributed by atoms with Gasteiger partial charge in [0, 0.05) is 16.8 Å². The molecule has 1 amide bonds. The Balaban J connectivity index is 1.91. The van der Waals surface area contributed by atoms with Crippen LogP contribution in [-0.2, 0) is 10.5 Å². The highest BCUT2D eigenvalue weighted by Crippen LogP contribution is 2.31. The van der Waals surface area contributed by atoms with Crippen molar-refractivity contribution in [3.63, 3.8) is 0 Å². The van der Waals surface area contributed by atoms with Crippen LogP contribution in [-0.4, -0.2) is 43.2 Å². The third kappa shape index (κ3) is 4.12. The number of nitrogens with zero attached hydrogens (tertiary/aromatic N) is 3. The van der Waals surface area contributed by atoms with Crippen molar-refractivity contribution in [1.82, 2.24) is 19.9 Å². The molecular formula is C16H12ClFN4O4S. The summed E-state index contributed by atoms with van der Waals surface area (Å²) >= 11 is 7.04. The van der Waals surface area contributed by atoms with E-state index in [2.05, 4.69) is 15.4 Å². The van der Waals surface area contributed by atoms with Crippen LogP contribution in [0.4, 0.5) is 4.39 Å². The van der Waals surface area contributed by atoms with Crippen molar-refractivity contribution in [3.8, 4) is 5.75 Å². The molecule has 11 heteroatoms. The Morgan fingerprint density at radius 2 is 2.11 bits per heavy atom. The fourth-order valence-corrected chi connectivity index (χ4v) is 3.48. The predicted octanol–water partition coefficient (Wildman–Crippen LogP) is 2.33. The fraction of sp³-hybridized carbons (Fsp3) is 0.125. The predicted molar refractivity (Wildman–Crippen MR) is 95.6 cm³/mol. The number of amides is 1. The fourth-order valence-electron chi connectivity index (χ4n) is 2.31. The van der Waals surface area contributed by atoms with Gasteiger partial charge in [-0.15, -0.1) is 11.8 Å². The monoisotopic (exact) mass is 410 g/mol. The Morgan fingerprint density at radius 1 is 1.33 bits per heavy atom. The highest BCUT2D eigenvalue weighted by molar-refractivity contribution is 7.98. The SMILES string of the molecule is O=C(O)CNC(=O)c1c(O)cc(SCc2cc(Cl)ccc2F)n2ncnc12. The molecule has 0 spiro atoms. The molecule has 2 aromatic heterocycles. The zero-order valence-electron chi connectivity index (χ0n) is 13.5. The molecule has 3 aromatic rings. The topological polar surface area (TPSA) is 117 Å². The van der Waals surface area contributed by atoms with Crippen molar-refractivity contribution in [1.29, 1.82) is 0 Å². The van der Waals surface area contributed by atoms with E-state index in [-0.39, 0.29) is 17.0 Å². The Labute approximate surface area is 161 Å². The summed E-state index contributed by atoms with van der Waals surface area (Å²) in [5.74, 6) is -2.64. The Bertz CT molecular complexity index is 1040. The van der Waals surface area contributed by atoms with E-state index in [0.29, 0.717) is 15.6 Å². The van der Waals surface area contributed by atoms with Crippen molar-refractivity contribution < 1.29 is 24.2 Å². The standard InChI is InChI=1S/C16H12ClFN4O4S/c17-9-1-2-10(18)8(3-9)6-27-12-4-11(23)14(15-20-7-21-22(12)15)16(26)19-5-13(24)25/h1-4,7,23H,5-6H2,(H,19,26)(H,24,25). The van der Waals surface area contributed by atoms with E-state index in [1.54, 1.807) is 0 Å². The van der Waals surface area contributed by atoms with Gasteiger partial charge in [-0.3, -0.25) is 9.59 Å². The van der Waals surface area contributed by atoms with Gasteiger partial charge in [0.2, 0.25) is 0 Å². The van der Waals surface area contributed by atoms with Crippen molar-refractivity contribution in [2.75, 3.05) is 6.54 Å². The summed E-state index contributed by atoms with van der Waals surface area (Å²) in [7, 11) is 0. The second-order valence-electron chi connectivity index (χ2n) is 5.34. The van der Waals surface area contributed by atoms with E-state index < -0.39 is 30.0 Å². The van der Waals surface area contributed by atoms with Gasteiger partial charge in [-0.1, -0.05) is 11.6 Å². The third-order valence-corrected chi connectivity index (χ3v) is 4.78. The summed E-state index contributed by atoms with van der Waals surface area (Å²) in [6.45, 7) is -0.608. The largest absolute Gasteiger partial charge is 0.507 e. The molecule has 0 aliphatic heterocycles. The van der Waals surface area contributed by atoms with Gasteiger partial charge in [-0.2, -0.15) is 5.10 Å². The first kappa shape index (κ1) is 18.9. The molecule has 0 unspecified atom stereocenters. The van der Waals surface area contributed by atoms with Crippen LogP contribution in [0.15, 0.2) is 35.6 Å². The minimum absolute atomic E-state index is 0.0481. The van der Waals surface area contributed by atoms with Gasteiger partial charge < -0.3 is 15.5 Å². The number of thioether (sulfide) groups is 1. The van der Waals surface area contributed by atoms with Gasteiger partial charge in [0.1, 0.15) is 35.0 Å². The number of rotatable bonds is 6. The maximum atomic E-state index is 13.9. The minimum Gasteiger partial charge on any atom is -0.507 e. The third-order valence-electron chi connectivity index (χ3n) is 3.51. The van der Waals surface area contributed by atoms with E-state index in [9.17, 15) is 19.1 Å². The smallest absolute Gasteiger partial charge is 0.322 e. The lowest BCUT2D eigenvalue weighted by Crippen LogP contribution is -2.29. The Morgan fingerprint density at radius 3 is 2.85 bits per heavy atom. The molecule has 0 atom stereocenters. The summed E-state index contributed by atoms with van der Waals surface area (Å²) < 4.78 is 15.2. The molecule has 0 fully saturated rings. The molecule has 140 valence electrons. The number of benzene rings is 1. The van der Waals surface area contributed by atoms with Crippen LogP contribution in [0.3, 0.4) is 0 Å². The summed E-state index contributed by atoms with van der Waals surface area (Å²) in [6.07, 6.45) is 1.19. The normalized spacial score (nSPS) is 10.9. The zero-order valence-corrected chi connectivity index (χ0v) is 15.1.